The molecule has 1 aliphatic rings. The molecule has 3 aromatic rings. The molecule has 2 N–H and O–H groups in total. The highest BCUT2D eigenvalue weighted by molar-refractivity contribution is 6.09. The first-order valence-corrected chi connectivity index (χ1v) is 10.4. The van der Waals surface area contributed by atoms with Gasteiger partial charge in [-0.15, -0.1) is 0 Å². The Morgan fingerprint density at radius 1 is 1.12 bits per heavy atom. The number of imide groups is 1. The Kier molecular flexibility index (Phi) is 5.77. The fourth-order valence-corrected chi connectivity index (χ4v) is 3.75. The summed E-state index contributed by atoms with van der Waals surface area (Å²) in [4.78, 5) is 42.9. The monoisotopic (exact) mass is 431 g/mol. The molecule has 4 rings (SSSR count). The average molecular weight is 431 g/mol. The molecule has 1 saturated heterocycles. The van der Waals surface area contributed by atoms with E-state index in [4.69, 9.17) is 0 Å². The second kappa shape index (κ2) is 8.66. The van der Waals surface area contributed by atoms with Gasteiger partial charge in [0, 0.05) is 25.5 Å². The van der Waals surface area contributed by atoms with E-state index in [0.717, 1.165) is 21.6 Å². The van der Waals surface area contributed by atoms with Crippen molar-refractivity contribution in [1.82, 2.24) is 25.1 Å². The first-order valence-electron chi connectivity index (χ1n) is 10.4. The maximum Gasteiger partial charge on any atom is 0.325 e. The molecule has 4 amide bonds. The SMILES string of the molecule is Cc1ccc(C2(C)NC(=O)N(CC(=O)NCc3cccc(Cn4ccnc4)c3)C2=O)cc1. The minimum atomic E-state index is -1.19. The molecule has 1 aromatic heterocycles. The molecule has 8 heteroatoms. The quantitative estimate of drug-likeness (QED) is 0.561. The van der Waals surface area contributed by atoms with Crippen LogP contribution in [0.1, 0.15) is 29.2 Å². The Morgan fingerprint density at radius 2 is 1.88 bits per heavy atom. The van der Waals surface area contributed by atoms with Crippen molar-refractivity contribution >= 4 is 17.8 Å². The molecule has 1 fully saturated rings. The van der Waals surface area contributed by atoms with Crippen molar-refractivity contribution < 1.29 is 14.4 Å². The van der Waals surface area contributed by atoms with Crippen LogP contribution in [0.4, 0.5) is 4.79 Å². The smallest absolute Gasteiger partial charge is 0.325 e. The lowest BCUT2D eigenvalue weighted by Gasteiger charge is -2.22. The standard InChI is InChI=1S/C24H25N5O3/c1-17-6-8-20(9-7-17)24(2)22(31)29(23(32)27-24)15-21(30)26-13-18-4-3-5-19(12-18)14-28-11-10-25-16-28/h3-12,16H,13-15H2,1-2H3,(H,26,30)(H,27,32). The molecule has 1 atom stereocenters. The predicted molar refractivity (Wildman–Crippen MR) is 118 cm³/mol. The van der Waals surface area contributed by atoms with E-state index in [1.165, 1.54) is 0 Å². The maximum atomic E-state index is 13.0. The number of benzene rings is 2. The van der Waals surface area contributed by atoms with Crippen molar-refractivity contribution in [2.24, 2.45) is 0 Å². The van der Waals surface area contributed by atoms with Crippen LogP contribution >= 0.6 is 0 Å². The molecule has 0 radical (unpaired) electrons. The summed E-state index contributed by atoms with van der Waals surface area (Å²) in [7, 11) is 0. The fourth-order valence-electron chi connectivity index (χ4n) is 3.75. The van der Waals surface area contributed by atoms with Crippen molar-refractivity contribution in [3.8, 4) is 0 Å². The number of urea groups is 1. The van der Waals surface area contributed by atoms with Gasteiger partial charge in [0.25, 0.3) is 5.91 Å². The van der Waals surface area contributed by atoms with Gasteiger partial charge in [-0.1, -0.05) is 54.1 Å². The Morgan fingerprint density at radius 3 is 2.59 bits per heavy atom. The maximum absolute atomic E-state index is 13.0. The van der Waals surface area contributed by atoms with Gasteiger partial charge < -0.3 is 15.2 Å². The average Bonchev–Trinajstić information content (AvgIpc) is 3.36. The van der Waals surface area contributed by atoms with Crippen LogP contribution in [0.3, 0.4) is 0 Å². The van der Waals surface area contributed by atoms with Gasteiger partial charge in [0.1, 0.15) is 12.1 Å². The second-order valence-electron chi connectivity index (χ2n) is 8.14. The van der Waals surface area contributed by atoms with Gasteiger partial charge in [-0.25, -0.2) is 9.78 Å². The van der Waals surface area contributed by atoms with Crippen LogP contribution in [-0.4, -0.2) is 38.8 Å². The number of rotatable bonds is 7. The third-order valence-electron chi connectivity index (χ3n) is 5.61. The fraction of sp³-hybridized carbons (Fsp3) is 0.250. The lowest BCUT2D eigenvalue weighted by atomic mass is 9.91. The van der Waals surface area contributed by atoms with Crippen molar-refractivity contribution in [3.63, 3.8) is 0 Å². The second-order valence-corrected chi connectivity index (χ2v) is 8.14. The number of carbonyl (C=O) groups excluding carboxylic acids is 3. The zero-order chi connectivity index (χ0) is 22.7. The van der Waals surface area contributed by atoms with Gasteiger partial charge in [0.05, 0.1) is 6.33 Å². The number of carbonyl (C=O) groups is 3. The highest BCUT2D eigenvalue weighted by Gasteiger charge is 2.49. The molecule has 0 bridgehead atoms. The molecular formula is C24H25N5O3. The summed E-state index contributed by atoms with van der Waals surface area (Å²) in [6.07, 6.45) is 5.36. The molecule has 1 unspecified atom stereocenters. The number of aryl methyl sites for hydroxylation is 1. The molecule has 1 aliphatic heterocycles. The van der Waals surface area contributed by atoms with Crippen molar-refractivity contribution in [2.75, 3.05) is 6.54 Å². The highest BCUT2D eigenvalue weighted by atomic mass is 16.2. The van der Waals surface area contributed by atoms with Crippen LogP contribution in [0.2, 0.25) is 0 Å². The summed E-state index contributed by atoms with van der Waals surface area (Å²) in [5, 5.41) is 5.52. The van der Waals surface area contributed by atoms with E-state index in [1.54, 1.807) is 19.4 Å². The molecule has 0 spiro atoms. The van der Waals surface area contributed by atoms with Crippen molar-refractivity contribution in [1.29, 1.82) is 0 Å². The third kappa shape index (κ3) is 4.39. The van der Waals surface area contributed by atoms with Gasteiger partial charge in [0.15, 0.2) is 0 Å². The van der Waals surface area contributed by atoms with E-state index >= 15 is 0 Å². The van der Waals surface area contributed by atoms with Crippen LogP contribution in [-0.2, 0) is 28.2 Å². The topological polar surface area (TPSA) is 96.3 Å². The first kappa shape index (κ1) is 21.3. The Balaban J connectivity index is 1.36. The summed E-state index contributed by atoms with van der Waals surface area (Å²) >= 11 is 0. The van der Waals surface area contributed by atoms with E-state index in [2.05, 4.69) is 15.6 Å². The van der Waals surface area contributed by atoms with Crippen molar-refractivity contribution in [2.45, 2.75) is 32.5 Å². The molecular weight excluding hydrogens is 406 g/mol. The van der Waals surface area contributed by atoms with Gasteiger partial charge in [-0.05, 0) is 30.5 Å². The van der Waals surface area contributed by atoms with Gasteiger partial charge >= 0.3 is 6.03 Å². The molecule has 2 heterocycles. The summed E-state index contributed by atoms with van der Waals surface area (Å²) in [6, 6.07) is 14.7. The summed E-state index contributed by atoms with van der Waals surface area (Å²) < 4.78 is 1.96. The minimum Gasteiger partial charge on any atom is -0.350 e. The zero-order valence-electron chi connectivity index (χ0n) is 18.0. The largest absolute Gasteiger partial charge is 0.350 e. The number of imidazole rings is 1. The van der Waals surface area contributed by atoms with Gasteiger partial charge in [0.2, 0.25) is 5.91 Å². The molecule has 0 aliphatic carbocycles. The lowest BCUT2D eigenvalue weighted by molar-refractivity contribution is -0.134. The summed E-state index contributed by atoms with van der Waals surface area (Å²) in [6.45, 7) is 4.25. The Labute approximate surface area is 186 Å². The number of nitrogens with zero attached hydrogens (tertiary/aromatic N) is 3. The Hall–Kier alpha value is -3.94. The predicted octanol–water partition coefficient (Wildman–Crippen LogP) is 2.32. The molecule has 2 aromatic carbocycles. The van der Waals surface area contributed by atoms with Crippen LogP contribution in [0.25, 0.3) is 0 Å². The van der Waals surface area contributed by atoms with Gasteiger partial charge in [-0.3, -0.25) is 14.5 Å². The van der Waals surface area contributed by atoms with Crippen LogP contribution in [0, 0.1) is 6.92 Å². The van der Waals surface area contributed by atoms with Crippen LogP contribution < -0.4 is 10.6 Å². The minimum absolute atomic E-state index is 0.301. The van der Waals surface area contributed by atoms with E-state index in [-0.39, 0.29) is 6.54 Å². The van der Waals surface area contributed by atoms with E-state index in [1.807, 2.05) is 66.2 Å². The number of hydrogen-bond donors (Lipinski definition) is 2. The first-order chi connectivity index (χ1) is 15.3. The molecule has 8 nitrogen and oxygen atoms in total. The summed E-state index contributed by atoms with van der Waals surface area (Å²) in [5.74, 6) is -0.842. The zero-order valence-corrected chi connectivity index (χ0v) is 18.0. The number of nitrogens with one attached hydrogen (secondary N) is 2. The molecule has 32 heavy (non-hydrogen) atoms. The number of hydrogen-bond acceptors (Lipinski definition) is 4. The Bertz CT molecular complexity index is 1140. The summed E-state index contributed by atoms with van der Waals surface area (Å²) in [5.41, 5.74) is 2.56. The number of amides is 4. The van der Waals surface area contributed by atoms with Crippen LogP contribution in [0.5, 0.6) is 0 Å². The highest BCUT2D eigenvalue weighted by Crippen LogP contribution is 2.28. The lowest BCUT2D eigenvalue weighted by Crippen LogP contribution is -2.43. The van der Waals surface area contributed by atoms with E-state index in [9.17, 15) is 14.4 Å². The van der Waals surface area contributed by atoms with Gasteiger partial charge in [-0.2, -0.15) is 0 Å². The van der Waals surface area contributed by atoms with Crippen molar-refractivity contribution in [3.05, 3.63) is 89.5 Å². The molecule has 164 valence electrons. The van der Waals surface area contributed by atoms with Crippen LogP contribution in [0.15, 0.2) is 67.3 Å². The van der Waals surface area contributed by atoms with E-state index < -0.39 is 23.4 Å². The number of aromatic nitrogens is 2. The normalized spacial score (nSPS) is 18.0. The molecule has 0 saturated carbocycles. The third-order valence-corrected chi connectivity index (χ3v) is 5.61. The van der Waals surface area contributed by atoms with E-state index in [0.29, 0.717) is 18.7 Å².